The van der Waals surface area contributed by atoms with Gasteiger partial charge in [-0.15, -0.1) is 0 Å². The SMILES string of the molecule is C[C@@H]1C[C@H](N2C(=O)N3CCC[C@]3(C)C2=O)CCN1Cc1ccccc1. The first-order valence-electron chi connectivity index (χ1n) is 9.44. The molecule has 0 bridgehead atoms. The number of carbonyl (C=O) groups excluding carboxylic acids is 2. The molecular weight excluding hydrogens is 314 g/mol. The van der Waals surface area contributed by atoms with Crippen LogP contribution in [0.1, 0.15) is 45.1 Å². The number of hydrogen-bond acceptors (Lipinski definition) is 3. The summed E-state index contributed by atoms with van der Waals surface area (Å²) in [4.78, 5) is 31.6. The van der Waals surface area contributed by atoms with Gasteiger partial charge in [0.1, 0.15) is 5.54 Å². The molecule has 1 aromatic rings. The molecule has 0 aliphatic carbocycles. The van der Waals surface area contributed by atoms with E-state index in [1.807, 2.05) is 13.0 Å². The summed E-state index contributed by atoms with van der Waals surface area (Å²) in [5, 5.41) is 0. The fourth-order valence-corrected chi connectivity index (χ4v) is 4.77. The van der Waals surface area contributed by atoms with Gasteiger partial charge in [0.2, 0.25) is 0 Å². The number of piperidine rings is 1. The minimum Gasteiger partial charge on any atom is -0.310 e. The zero-order chi connectivity index (χ0) is 17.6. The molecule has 3 atom stereocenters. The average Bonchev–Trinajstić information content (AvgIpc) is 3.08. The lowest BCUT2D eigenvalue weighted by molar-refractivity contribution is -0.134. The Morgan fingerprint density at radius 2 is 1.92 bits per heavy atom. The molecule has 0 saturated carbocycles. The molecule has 134 valence electrons. The second-order valence-corrected chi connectivity index (χ2v) is 7.97. The largest absolute Gasteiger partial charge is 0.327 e. The Morgan fingerprint density at radius 1 is 1.16 bits per heavy atom. The summed E-state index contributed by atoms with van der Waals surface area (Å²) in [5.74, 6) is 0.0312. The predicted octanol–water partition coefficient (Wildman–Crippen LogP) is 2.86. The van der Waals surface area contributed by atoms with Crippen molar-refractivity contribution in [2.24, 2.45) is 0 Å². The van der Waals surface area contributed by atoms with E-state index in [4.69, 9.17) is 0 Å². The van der Waals surface area contributed by atoms with Crippen LogP contribution in [-0.4, -0.2) is 57.4 Å². The molecular formula is C20H27N3O2. The van der Waals surface area contributed by atoms with Crippen LogP contribution in [0.25, 0.3) is 0 Å². The second-order valence-electron chi connectivity index (χ2n) is 7.97. The maximum Gasteiger partial charge on any atom is 0.327 e. The average molecular weight is 341 g/mol. The molecule has 3 saturated heterocycles. The van der Waals surface area contributed by atoms with Crippen LogP contribution in [0.2, 0.25) is 0 Å². The van der Waals surface area contributed by atoms with Gasteiger partial charge in [-0.25, -0.2) is 4.79 Å². The zero-order valence-corrected chi connectivity index (χ0v) is 15.1. The van der Waals surface area contributed by atoms with Gasteiger partial charge in [-0.3, -0.25) is 14.6 Å². The molecule has 25 heavy (non-hydrogen) atoms. The second kappa shape index (κ2) is 6.13. The van der Waals surface area contributed by atoms with Crippen LogP contribution in [-0.2, 0) is 11.3 Å². The summed E-state index contributed by atoms with van der Waals surface area (Å²) in [6.07, 6.45) is 3.48. The van der Waals surface area contributed by atoms with E-state index in [1.165, 1.54) is 5.56 Å². The minimum atomic E-state index is -0.582. The Hall–Kier alpha value is -1.88. The number of hydrogen-bond donors (Lipinski definition) is 0. The van der Waals surface area contributed by atoms with Crippen molar-refractivity contribution in [3.63, 3.8) is 0 Å². The summed E-state index contributed by atoms with van der Waals surface area (Å²) in [6, 6.07) is 10.8. The highest BCUT2D eigenvalue weighted by Gasteiger charge is 2.58. The summed E-state index contributed by atoms with van der Waals surface area (Å²) in [5.41, 5.74) is 0.732. The topological polar surface area (TPSA) is 43.9 Å². The highest BCUT2D eigenvalue weighted by Crippen LogP contribution is 2.40. The molecule has 4 rings (SSSR count). The van der Waals surface area contributed by atoms with E-state index in [9.17, 15) is 9.59 Å². The van der Waals surface area contributed by atoms with Gasteiger partial charge in [-0.1, -0.05) is 30.3 Å². The van der Waals surface area contributed by atoms with Crippen molar-refractivity contribution in [2.75, 3.05) is 13.1 Å². The van der Waals surface area contributed by atoms with Crippen molar-refractivity contribution in [2.45, 2.75) is 63.7 Å². The Bertz CT molecular complexity index is 677. The van der Waals surface area contributed by atoms with E-state index in [-0.39, 0.29) is 18.0 Å². The normalized spacial score (nSPS) is 33.2. The van der Waals surface area contributed by atoms with Gasteiger partial charge in [0.25, 0.3) is 5.91 Å². The molecule has 0 aromatic heterocycles. The predicted molar refractivity (Wildman–Crippen MR) is 95.9 cm³/mol. The maximum atomic E-state index is 12.9. The monoisotopic (exact) mass is 341 g/mol. The van der Waals surface area contributed by atoms with E-state index in [0.29, 0.717) is 6.04 Å². The fraction of sp³-hybridized carbons (Fsp3) is 0.600. The van der Waals surface area contributed by atoms with Crippen LogP contribution in [0.15, 0.2) is 30.3 Å². The van der Waals surface area contributed by atoms with Crippen molar-refractivity contribution < 1.29 is 9.59 Å². The minimum absolute atomic E-state index is 0.0312. The Balaban J connectivity index is 1.44. The number of likely N-dealkylation sites (tertiary alicyclic amines) is 1. The molecule has 3 heterocycles. The standard InChI is InChI=1S/C20H27N3O2/c1-15-13-17(9-12-21(15)14-16-7-4-3-5-8-16)23-18(24)20(2)10-6-11-22(20)19(23)25/h3-5,7-8,15,17H,6,9-14H2,1-2H3/t15-,17-,20-/m1/s1. The Labute approximate surface area is 149 Å². The summed E-state index contributed by atoms with van der Waals surface area (Å²) in [6.45, 7) is 6.73. The van der Waals surface area contributed by atoms with Gasteiger partial charge in [-0.05, 0) is 45.1 Å². The van der Waals surface area contributed by atoms with Crippen molar-refractivity contribution in [1.82, 2.24) is 14.7 Å². The molecule has 1 aromatic carbocycles. The van der Waals surface area contributed by atoms with Gasteiger partial charge in [0.05, 0.1) is 0 Å². The van der Waals surface area contributed by atoms with Crippen LogP contribution in [0.3, 0.4) is 0 Å². The third-order valence-electron chi connectivity index (χ3n) is 6.34. The number of amides is 3. The Kier molecular flexibility index (Phi) is 4.07. The number of nitrogens with zero attached hydrogens (tertiary/aromatic N) is 3. The first kappa shape index (κ1) is 16.6. The molecule has 0 radical (unpaired) electrons. The van der Waals surface area contributed by atoms with E-state index in [2.05, 4.69) is 36.1 Å². The fourth-order valence-electron chi connectivity index (χ4n) is 4.77. The summed E-state index contributed by atoms with van der Waals surface area (Å²) >= 11 is 0. The van der Waals surface area contributed by atoms with E-state index >= 15 is 0 Å². The van der Waals surface area contributed by atoms with Crippen molar-refractivity contribution in [3.8, 4) is 0 Å². The van der Waals surface area contributed by atoms with Crippen molar-refractivity contribution in [3.05, 3.63) is 35.9 Å². The summed E-state index contributed by atoms with van der Waals surface area (Å²) in [7, 11) is 0. The van der Waals surface area contributed by atoms with Gasteiger partial charge in [-0.2, -0.15) is 0 Å². The smallest absolute Gasteiger partial charge is 0.310 e. The van der Waals surface area contributed by atoms with Crippen LogP contribution in [0.4, 0.5) is 4.79 Å². The van der Waals surface area contributed by atoms with Gasteiger partial charge < -0.3 is 4.90 Å². The number of carbonyl (C=O) groups is 2. The quantitative estimate of drug-likeness (QED) is 0.794. The summed E-state index contributed by atoms with van der Waals surface area (Å²) < 4.78 is 0. The Morgan fingerprint density at radius 3 is 2.60 bits per heavy atom. The molecule has 3 fully saturated rings. The number of rotatable bonds is 3. The molecule has 5 heteroatoms. The molecule has 0 N–H and O–H groups in total. The first-order chi connectivity index (χ1) is 12.0. The highest BCUT2D eigenvalue weighted by atomic mass is 16.2. The van der Waals surface area contributed by atoms with Gasteiger partial charge in [0, 0.05) is 31.7 Å². The molecule has 3 amide bonds. The van der Waals surface area contributed by atoms with E-state index in [1.54, 1.807) is 9.80 Å². The highest BCUT2D eigenvalue weighted by molar-refractivity contribution is 6.07. The third kappa shape index (κ3) is 2.65. The van der Waals surface area contributed by atoms with Crippen LogP contribution in [0, 0.1) is 0 Å². The third-order valence-corrected chi connectivity index (χ3v) is 6.34. The van der Waals surface area contributed by atoms with Crippen molar-refractivity contribution >= 4 is 11.9 Å². The molecule has 0 unspecified atom stereocenters. The number of fused-ring (bicyclic) bond motifs is 1. The van der Waals surface area contributed by atoms with Crippen LogP contribution in [0.5, 0.6) is 0 Å². The number of urea groups is 1. The maximum absolute atomic E-state index is 12.9. The lowest BCUT2D eigenvalue weighted by Gasteiger charge is -2.40. The molecule has 3 aliphatic rings. The van der Waals surface area contributed by atoms with E-state index < -0.39 is 5.54 Å². The molecule has 3 aliphatic heterocycles. The van der Waals surface area contributed by atoms with Crippen LogP contribution >= 0.6 is 0 Å². The molecule has 5 nitrogen and oxygen atoms in total. The van der Waals surface area contributed by atoms with Gasteiger partial charge >= 0.3 is 6.03 Å². The first-order valence-corrected chi connectivity index (χ1v) is 9.44. The lowest BCUT2D eigenvalue weighted by Crippen LogP contribution is -2.51. The number of benzene rings is 1. The van der Waals surface area contributed by atoms with Crippen molar-refractivity contribution in [1.29, 1.82) is 0 Å². The zero-order valence-electron chi connectivity index (χ0n) is 15.1. The number of imide groups is 1. The van der Waals surface area contributed by atoms with E-state index in [0.717, 1.165) is 45.3 Å². The van der Waals surface area contributed by atoms with Gasteiger partial charge in [0.15, 0.2) is 0 Å². The lowest BCUT2D eigenvalue weighted by atomic mass is 9.94. The van der Waals surface area contributed by atoms with Crippen LogP contribution < -0.4 is 0 Å². The molecule has 0 spiro atoms.